The van der Waals surface area contributed by atoms with Crippen LogP contribution >= 0.6 is 0 Å². The second kappa shape index (κ2) is 14.7. The second-order valence-corrected chi connectivity index (χ2v) is 25.2. The number of ether oxygens (including phenoxy) is 3. The molecule has 1 heterocycles. The van der Waals surface area contributed by atoms with Crippen molar-refractivity contribution >= 4 is 30.3 Å². The van der Waals surface area contributed by atoms with Crippen molar-refractivity contribution < 1.29 is 23.8 Å². The minimum atomic E-state index is -2.53. The molecule has 1 saturated carbocycles. The van der Waals surface area contributed by atoms with Gasteiger partial charge in [-0.2, -0.15) is 0 Å². The Bertz CT molecular complexity index is 890. The molecule has 0 unspecified atom stereocenters. The SMILES string of the molecule is CCC[CH2][Sn]([CH2]CCC)([CH2]CCC)[CH2]C1=C2[C@@H](C(=O)OC)C[C@@H](C)[C@@H](OC(=O)c3ccccc3)[C@H]2OC1. The molecule has 0 aromatic heterocycles. The molecule has 1 fully saturated rings. The first kappa shape index (κ1) is 30.2. The van der Waals surface area contributed by atoms with Gasteiger partial charge >= 0.3 is 229 Å². The molecule has 206 valence electrons. The van der Waals surface area contributed by atoms with E-state index < -0.39 is 24.5 Å². The van der Waals surface area contributed by atoms with Crippen molar-refractivity contribution in [1.82, 2.24) is 0 Å². The molecule has 1 aromatic carbocycles. The first-order chi connectivity index (χ1) is 17.9. The van der Waals surface area contributed by atoms with Gasteiger partial charge in [0.15, 0.2) is 0 Å². The minimum absolute atomic E-state index is 0.00147. The molecular formula is C31H48O5Sn. The molecule has 2 aliphatic rings. The topological polar surface area (TPSA) is 61.8 Å². The van der Waals surface area contributed by atoms with E-state index in [2.05, 4.69) is 27.7 Å². The van der Waals surface area contributed by atoms with Crippen molar-refractivity contribution in [2.24, 2.45) is 11.8 Å². The third-order valence-corrected chi connectivity index (χ3v) is 24.0. The molecule has 0 radical (unpaired) electrons. The van der Waals surface area contributed by atoms with E-state index in [1.54, 1.807) is 12.1 Å². The van der Waals surface area contributed by atoms with Crippen LogP contribution in [0.1, 0.15) is 83.0 Å². The molecular weight excluding hydrogens is 571 g/mol. The van der Waals surface area contributed by atoms with Gasteiger partial charge < -0.3 is 0 Å². The van der Waals surface area contributed by atoms with Gasteiger partial charge in [-0.25, -0.2) is 0 Å². The van der Waals surface area contributed by atoms with Gasteiger partial charge in [-0.1, -0.05) is 0 Å². The van der Waals surface area contributed by atoms with Crippen LogP contribution in [0.3, 0.4) is 0 Å². The summed E-state index contributed by atoms with van der Waals surface area (Å²) in [4.78, 5) is 26.0. The molecule has 0 spiro atoms. The fraction of sp³-hybridized carbons (Fsp3) is 0.677. The zero-order valence-electron chi connectivity index (χ0n) is 23.7. The molecule has 0 bridgehead atoms. The molecule has 6 heteroatoms. The summed E-state index contributed by atoms with van der Waals surface area (Å²) in [6, 6.07) is 9.14. The predicted octanol–water partition coefficient (Wildman–Crippen LogP) is 7.59. The molecule has 1 aromatic rings. The average molecular weight is 619 g/mol. The number of hydrogen-bond donors (Lipinski definition) is 0. The molecule has 0 saturated heterocycles. The Kier molecular flexibility index (Phi) is 12.0. The number of carbonyl (C=O) groups excluding carboxylic acids is 2. The van der Waals surface area contributed by atoms with Crippen LogP contribution < -0.4 is 0 Å². The Morgan fingerprint density at radius 1 is 0.973 bits per heavy atom. The van der Waals surface area contributed by atoms with Gasteiger partial charge in [0.2, 0.25) is 0 Å². The second-order valence-electron chi connectivity index (χ2n) is 11.3. The Labute approximate surface area is 228 Å². The molecule has 1 aliphatic carbocycles. The van der Waals surface area contributed by atoms with Crippen molar-refractivity contribution in [2.45, 2.75) is 103 Å². The van der Waals surface area contributed by atoms with Crippen molar-refractivity contribution in [2.75, 3.05) is 13.7 Å². The van der Waals surface area contributed by atoms with Gasteiger partial charge in [-0.15, -0.1) is 0 Å². The van der Waals surface area contributed by atoms with Crippen molar-refractivity contribution in [1.29, 1.82) is 0 Å². The molecule has 0 amide bonds. The van der Waals surface area contributed by atoms with E-state index in [1.807, 2.05) is 18.2 Å². The Hall–Kier alpha value is -1.34. The molecule has 1 aliphatic heterocycles. The van der Waals surface area contributed by atoms with Crippen LogP contribution in [0.15, 0.2) is 41.5 Å². The maximum absolute atomic E-state index is 13.0. The van der Waals surface area contributed by atoms with Crippen LogP contribution in [0.4, 0.5) is 0 Å². The van der Waals surface area contributed by atoms with Crippen LogP contribution in [0, 0.1) is 11.8 Å². The van der Waals surface area contributed by atoms with E-state index in [-0.39, 0.29) is 29.9 Å². The van der Waals surface area contributed by atoms with Gasteiger partial charge in [-0.05, 0) is 0 Å². The molecule has 5 nitrogen and oxygen atoms in total. The zero-order chi connectivity index (χ0) is 26.8. The summed E-state index contributed by atoms with van der Waals surface area (Å²) in [7, 11) is 1.48. The van der Waals surface area contributed by atoms with Gasteiger partial charge in [0.1, 0.15) is 0 Å². The first-order valence-electron chi connectivity index (χ1n) is 14.6. The maximum atomic E-state index is 13.0. The van der Waals surface area contributed by atoms with E-state index in [0.717, 1.165) is 5.57 Å². The summed E-state index contributed by atoms with van der Waals surface area (Å²) in [5.41, 5.74) is 2.97. The summed E-state index contributed by atoms with van der Waals surface area (Å²) in [5.74, 6) is -0.813. The summed E-state index contributed by atoms with van der Waals surface area (Å²) in [5, 5.41) is 0. The third kappa shape index (κ3) is 7.62. The number of hydrogen-bond acceptors (Lipinski definition) is 5. The quantitative estimate of drug-likeness (QED) is 0.122. The molecule has 37 heavy (non-hydrogen) atoms. The van der Waals surface area contributed by atoms with E-state index in [0.29, 0.717) is 18.6 Å². The third-order valence-electron chi connectivity index (χ3n) is 8.50. The molecule has 0 N–H and O–H groups in total. The van der Waals surface area contributed by atoms with E-state index in [1.165, 1.54) is 69.0 Å². The van der Waals surface area contributed by atoms with Crippen LogP contribution in [-0.2, 0) is 19.0 Å². The summed E-state index contributed by atoms with van der Waals surface area (Å²) >= 11 is -2.53. The number of carbonyl (C=O) groups is 2. The van der Waals surface area contributed by atoms with Gasteiger partial charge in [0, 0.05) is 0 Å². The van der Waals surface area contributed by atoms with Gasteiger partial charge in [0.25, 0.3) is 0 Å². The average Bonchev–Trinajstić information content (AvgIpc) is 3.33. The van der Waals surface area contributed by atoms with E-state index in [4.69, 9.17) is 14.2 Å². The first-order valence-corrected chi connectivity index (χ1v) is 22.6. The summed E-state index contributed by atoms with van der Waals surface area (Å²) in [6.07, 6.45) is 7.52. The number of esters is 2. The van der Waals surface area contributed by atoms with E-state index in [9.17, 15) is 9.59 Å². The van der Waals surface area contributed by atoms with Crippen molar-refractivity contribution in [3.8, 4) is 0 Å². The zero-order valence-corrected chi connectivity index (χ0v) is 26.6. The Balaban J connectivity index is 1.96. The number of fused-ring (bicyclic) bond motifs is 1. The van der Waals surface area contributed by atoms with E-state index >= 15 is 0 Å². The molecule has 4 atom stereocenters. The van der Waals surface area contributed by atoms with Gasteiger partial charge in [-0.3, -0.25) is 0 Å². The van der Waals surface area contributed by atoms with Crippen molar-refractivity contribution in [3.05, 3.63) is 47.0 Å². The van der Waals surface area contributed by atoms with Gasteiger partial charge in [0.05, 0.1) is 0 Å². The molecule has 3 rings (SSSR count). The predicted molar refractivity (Wildman–Crippen MR) is 151 cm³/mol. The summed E-state index contributed by atoms with van der Waals surface area (Å²) < 4.78 is 23.3. The number of unbranched alkanes of at least 4 members (excludes halogenated alkanes) is 3. The fourth-order valence-corrected chi connectivity index (χ4v) is 23.0. The van der Waals surface area contributed by atoms with Crippen LogP contribution in [-0.4, -0.2) is 56.2 Å². The number of benzene rings is 1. The van der Waals surface area contributed by atoms with Crippen molar-refractivity contribution in [3.63, 3.8) is 0 Å². The normalized spacial score (nSPS) is 23.6. The number of methoxy groups -OCH3 is 1. The number of rotatable bonds is 14. The monoisotopic (exact) mass is 620 g/mol. The fourth-order valence-electron chi connectivity index (χ4n) is 6.42. The Morgan fingerprint density at radius 2 is 1.57 bits per heavy atom. The standard InChI is InChI=1S/C19H21O5.3C4H9.Sn/c1-11-9-14(19(21)22-3)15-12(2)10-23-17(15)16(11)24-18(20)13-7-5-4-6-8-13;3*1-3-4-2;/h4-8,11,14,16-17H,2,9-10H2,1,3H3;3*1,3-4H2,2H3;/t11-,14+,16-,17+;;;;/m1..../s1. The summed E-state index contributed by atoms with van der Waals surface area (Å²) in [6.45, 7) is 9.52. The Morgan fingerprint density at radius 3 is 2.11 bits per heavy atom. The van der Waals surface area contributed by atoms with Crippen LogP contribution in [0.25, 0.3) is 0 Å². The van der Waals surface area contributed by atoms with Crippen LogP contribution in [0.5, 0.6) is 0 Å². The van der Waals surface area contributed by atoms with Crippen LogP contribution in [0.2, 0.25) is 17.7 Å².